The van der Waals surface area contributed by atoms with E-state index in [0.717, 1.165) is 55.2 Å². The van der Waals surface area contributed by atoms with Gasteiger partial charge in [-0.2, -0.15) is 0 Å². The van der Waals surface area contributed by atoms with E-state index in [2.05, 4.69) is 67.3 Å². The summed E-state index contributed by atoms with van der Waals surface area (Å²) in [6.07, 6.45) is 18.8. The van der Waals surface area contributed by atoms with Gasteiger partial charge in [-0.05, 0) is 129 Å². The molecule has 13 amide bonds. The number of halogens is 1. The van der Waals surface area contributed by atoms with E-state index in [1.807, 2.05) is 41.0 Å². The molecule has 0 aliphatic carbocycles. The average molecular weight is 1920 g/mol. The van der Waals surface area contributed by atoms with Crippen LogP contribution in [-0.2, 0) is 127 Å². The zero-order chi connectivity index (χ0) is 99.3. The molecular weight excluding hydrogens is 1770 g/mol. The van der Waals surface area contributed by atoms with Gasteiger partial charge < -0.3 is 106 Å². The minimum absolute atomic E-state index is 0.0207. The van der Waals surface area contributed by atoms with Crippen LogP contribution in [0.1, 0.15) is 221 Å². The van der Waals surface area contributed by atoms with Gasteiger partial charge in [0.2, 0.25) is 76.8 Å². The molecule has 4 aromatic carbocycles. The fourth-order valence-electron chi connectivity index (χ4n) is 17.9. The standard InChI is InChI=1S/C102H148FN15O20/c1-70(119)64-108-100(132)95-88-45-52-117(95)102(134)84-62-78-68-114(86-41-38-79(103)63-81(78)86)49-23-19-20-24-50-115(67-75-34-32-73(33-35-75)44-47-105-99(131)87-29-26-51-116(87)101(133)83(110-72(3)120)60-74-36-39-80(135-6)40-37-74)93(125)43-42-91(123)109-71(2)96(128)113-85(98(130)111-82(97(129)112-84)61-76-27-25-28-77(59-76)65-106-92(124)69-138-88)66-107-90(122)46-55-136-57-58-137-56-54-118(4,5)53-48-104-89(121)30-21-17-15-13-11-9-7-8-10-12-14-16-18-22-31-94(126)127/h25,27-28,32-41,59,63,68,70-71,82-85,87-88,95,119H,7-24,26,29-31,42-58,60-62,64-67,69H2,1-6H3,(H10-,104,105,106,107,108,109,110,111,112,113,120,121,122,123,124,126,127,128,129,130,131,132)/p+1/t70-,71+,82+,83+,84+,85-,87+,88+,95?/m1/s1. The molecule has 5 heterocycles. The first-order valence-corrected chi connectivity index (χ1v) is 49.7. The first-order chi connectivity index (χ1) is 66.4. The summed E-state index contributed by atoms with van der Waals surface area (Å²) in [5.74, 6) is -8.15. The number of rotatable bonds is 45. The minimum atomic E-state index is -1.68. The molecule has 8 bridgehead atoms. The van der Waals surface area contributed by atoms with E-state index in [0.29, 0.717) is 129 Å². The summed E-state index contributed by atoms with van der Waals surface area (Å²) in [5.41, 5.74) is 4.53. The Morgan fingerprint density at radius 3 is 1.95 bits per heavy atom. The molecule has 138 heavy (non-hydrogen) atoms. The Morgan fingerprint density at radius 1 is 0.609 bits per heavy atom. The Bertz CT molecular complexity index is 4800. The van der Waals surface area contributed by atoms with E-state index in [-0.39, 0.29) is 140 Å². The lowest BCUT2D eigenvalue weighted by atomic mass is 10.00. The number of nitrogens with one attached hydrogen (secondary N) is 10. The third-order valence-electron chi connectivity index (χ3n) is 25.8. The largest absolute Gasteiger partial charge is 0.497 e. The van der Waals surface area contributed by atoms with E-state index in [1.165, 1.54) is 94.1 Å². The number of aliphatic hydroxyl groups excluding tert-OH is 1. The van der Waals surface area contributed by atoms with Crippen molar-refractivity contribution >= 4 is 93.7 Å². The van der Waals surface area contributed by atoms with Crippen LogP contribution in [0, 0.1) is 5.82 Å². The molecule has 35 nitrogen and oxygen atoms in total. The Labute approximate surface area is 810 Å². The predicted molar refractivity (Wildman–Crippen MR) is 516 cm³/mol. The van der Waals surface area contributed by atoms with Crippen LogP contribution in [0.5, 0.6) is 5.75 Å². The number of aryl methyl sites for hydroxylation is 1. The number of carboxylic acid groups (broad SMARTS) is 1. The lowest BCUT2D eigenvalue weighted by molar-refractivity contribution is -0.889. The fraction of sp³-hybridized carbons (Fsp3) is 0.608. The summed E-state index contributed by atoms with van der Waals surface area (Å²) in [6.45, 7) is 6.72. The molecule has 1 aromatic heterocycles. The van der Waals surface area contributed by atoms with Crippen molar-refractivity contribution in [2.75, 3.05) is 113 Å². The highest BCUT2D eigenvalue weighted by atomic mass is 19.1. The van der Waals surface area contributed by atoms with Gasteiger partial charge in [-0.3, -0.25) is 67.1 Å². The van der Waals surface area contributed by atoms with Gasteiger partial charge in [0.05, 0.1) is 72.9 Å². The number of amides is 13. The van der Waals surface area contributed by atoms with Crippen LogP contribution in [0.25, 0.3) is 10.9 Å². The number of carbonyl (C=O) groups excluding carboxylic acids is 13. The predicted octanol–water partition coefficient (Wildman–Crippen LogP) is 6.48. The SMILES string of the molecule is COc1ccc(C[C@H](NC(C)=O)C(=O)N2CCC[C@H]2C(=O)NCCc2ccc(CN3CCCCCCn4cc(c5cc(F)ccc54)C[C@@H]4NC(=O)[C@H](Cc5cccc(c5)CNC(=O)CO[C@H]5CCN(C4=O)C5C(=O)NC[C@@H](C)O)NC(=O)[C@@H](CNC(=O)CCOCCOCC[N+](C)(C)CCNC(=O)CCCCCCCCCCCCCCCCC(=O)O)NC(=O)[C@H](C)NC(=O)CCC3=O)cc2)cc1. The monoisotopic (exact) mass is 1920 g/mol. The van der Waals surface area contributed by atoms with Crippen molar-refractivity contribution in [3.63, 3.8) is 0 Å². The maximum absolute atomic E-state index is 15.8. The molecule has 2 saturated heterocycles. The Balaban J connectivity index is 0.859. The minimum Gasteiger partial charge on any atom is -0.497 e. The third kappa shape index (κ3) is 38.4. The lowest BCUT2D eigenvalue weighted by Gasteiger charge is -2.31. The summed E-state index contributed by atoms with van der Waals surface area (Å²) in [5, 5.41) is 47.6. The number of fused-ring (bicyclic) bond motifs is 12. The molecule has 12 N–H and O–H groups in total. The second kappa shape index (κ2) is 58.4. The van der Waals surface area contributed by atoms with Crippen LogP contribution < -0.4 is 57.9 Å². The van der Waals surface area contributed by atoms with Crippen molar-refractivity contribution < 1.29 is 105 Å². The van der Waals surface area contributed by atoms with Crippen molar-refractivity contribution in [1.29, 1.82) is 0 Å². The second-order valence-electron chi connectivity index (χ2n) is 37.6. The van der Waals surface area contributed by atoms with E-state index in [1.54, 1.807) is 60.7 Å². The molecular formula is C102H149FN15O20+. The zero-order valence-corrected chi connectivity index (χ0v) is 81.5. The number of unbranched alkanes of at least 4 members (excludes halogenated alkanes) is 13. The molecule has 0 saturated carbocycles. The fourth-order valence-corrected chi connectivity index (χ4v) is 17.9. The van der Waals surface area contributed by atoms with E-state index < -0.39 is 127 Å². The zero-order valence-electron chi connectivity index (χ0n) is 81.5. The number of aliphatic hydroxyl groups is 1. The van der Waals surface area contributed by atoms with Gasteiger partial charge >= 0.3 is 5.97 Å². The van der Waals surface area contributed by atoms with Gasteiger partial charge in [-0.1, -0.05) is 151 Å². The molecule has 4 aliphatic heterocycles. The number of ether oxygens (including phenoxy) is 4. The smallest absolute Gasteiger partial charge is 0.303 e. The molecule has 9 rings (SSSR count). The number of benzene rings is 4. The lowest BCUT2D eigenvalue weighted by Crippen LogP contribution is -2.61. The van der Waals surface area contributed by atoms with Crippen molar-refractivity contribution in [3.8, 4) is 5.75 Å². The van der Waals surface area contributed by atoms with Crippen molar-refractivity contribution in [2.24, 2.45) is 0 Å². The number of methoxy groups -OCH3 is 1. The Kier molecular flexibility index (Phi) is 46.6. The highest BCUT2D eigenvalue weighted by Crippen LogP contribution is 2.30. The summed E-state index contributed by atoms with van der Waals surface area (Å²) in [6, 6.07) is 16.6. The molecule has 36 heteroatoms. The normalized spacial score (nSPS) is 19.7. The summed E-state index contributed by atoms with van der Waals surface area (Å²) >= 11 is 0. The number of likely N-dealkylation sites (N-methyl/N-ethyl adjacent to an activating group) is 1. The Morgan fingerprint density at radius 2 is 1.26 bits per heavy atom. The maximum atomic E-state index is 15.8. The number of likely N-dealkylation sites (tertiary alicyclic amines) is 1. The van der Waals surface area contributed by atoms with Crippen molar-refractivity contribution in [3.05, 3.63) is 136 Å². The number of hydrogen-bond donors (Lipinski definition) is 12. The maximum Gasteiger partial charge on any atom is 0.303 e. The molecule has 758 valence electrons. The van der Waals surface area contributed by atoms with Gasteiger partial charge in [0, 0.05) is 134 Å². The average Bonchev–Trinajstić information content (AvgIpc) is 1.67. The Hall–Kier alpha value is -11.5. The second-order valence-corrected chi connectivity index (χ2v) is 37.6. The number of aliphatic carboxylic acids is 1. The molecule has 4 aliphatic rings. The number of carbonyl (C=O) groups is 14. The molecule has 5 aromatic rings. The molecule has 9 atom stereocenters. The van der Waals surface area contributed by atoms with Crippen LogP contribution in [0.4, 0.5) is 4.39 Å². The highest BCUT2D eigenvalue weighted by molar-refractivity contribution is 5.98. The van der Waals surface area contributed by atoms with Crippen LogP contribution >= 0.6 is 0 Å². The highest BCUT2D eigenvalue weighted by Gasteiger charge is 2.46. The van der Waals surface area contributed by atoms with Crippen molar-refractivity contribution in [2.45, 2.75) is 288 Å². The van der Waals surface area contributed by atoms with Gasteiger partial charge in [0.1, 0.15) is 67.0 Å². The van der Waals surface area contributed by atoms with E-state index in [4.69, 9.17) is 24.1 Å². The van der Waals surface area contributed by atoms with Crippen molar-refractivity contribution in [1.82, 2.24) is 72.4 Å². The van der Waals surface area contributed by atoms with Gasteiger partial charge in [0.15, 0.2) is 0 Å². The molecule has 2 fully saturated rings. The van der Waals surface area contributed by atoms with Crippen LogP contribution in [-0.4, -0.2) is 284 Å². The number of hydrogen-bond acceptors (Lipinski definition) is 19. The van der Waals surface area contributed by atoms with Gasteiger partial charge in [0.25, 0.3) is 0 Å². The molecule has 1 unspecified atom stereocenters. The summed E-state index contributed by atoms with van der Waals surface area (Å²) in [7, 11) is 5.66. The number of quaternary nitrogens is 1. The van der Waals surface area contributed by atoms with Gasteiger partial charge in [-0.15, -0.1) is 0 Å². The first-order valence-electron chi connectivity index (χ1n) is 49.7. The van der Waals surface area contributed by atoms with Crippen LogP contribution in [0.15, 0.2) is 97.2 Å². The number of aromatic nitrogens is 1. The van der Waals surface area contributed by atoms with Crippen LogP contribution in [0.2, 0.25) is 0 Å². The first kappa shape index (κ1) is 110. The van der Waals surface area contributed by atoms with Crippen LogP contribution in [0.3, 0.4) is 0 Å². The quantitative estimate of drug-likeness (QED) is 0.0146. The number of nitrogens with zero attached hydrogens (tertiary/aromatic N) is 5. The number of carboxylic acids is 1. The molecule has 0 spiro atoms. The third-order valence-corrected chi connectivity index (χ3v) is 25.8. The summed E-state index contributed by atoms with van der Waals surface area (Å²) in [4.78, 5) is 200. The molecule has 0 radical (unpaired) electrons. The van der Waals surface area contributed by atoms with Gasteiger partial charge in [-0.25, -0.2) is 4.39 Å². The topological polar surface area (TPSA) is 451 Å². The van der Waals surface area contributed by atoms with E-state index >= 15 is 18.8 Å². The summed E-state index contributed by atoms with van der Waals surface area (Å²) < 4.78 is 41.4. The van der Waals surface area contributed by atoms with E-state index in [9.17, 15) is 57.8 Å².